The van der Waals surface area contributed by atoms with Gasteiger partial charge in [0.25, 0.3) is 5.91 Å². The number of likely N-dealkylation sites (N-methyl/N-ethyl adjacent to an activating group) is 1. The maximum absolute atomic E-state index is 12.2. The molecule has 1 aromatic rings. The molecule has 0 spiro atoms. The van der Waals surface area contributed by atoms with Crippen LogP contribution in [0.25, 0.3) is 0 Å². The number of imide groups is 1. The van der Waals surface area contributed by atoms with Gasteiger partial charge in [-0.15, -0.1) is 0 Å². The third-order valence-electron chi connectivity index (χ3n) is 4.53. The van der Waals surface area contributed by atoms with Crippen LogP contribution in [0.2, 0.25) is 0 Å². The van der Waals surface area contributed by atoms with Gasteiger partial charge in [0, 0.05) is 17.4 Å². The van der Waals surface area contributed by atoms with Gasteiger partial charge in [-0.1, -0.05) is 35.0 Å². The highest BCUT2D eigenvalue weighted by Crippen LogP contribution is 2.46. The standard InChI is InChI=1S/C16H18BrNO2/c1-9(10-3-4-10)15(17)12-6-5-11-8-14(19)18(2)16(20)13(11)7-12/h5-7,9-10,15H,3-4,8H2,1-2H3. The zero-order valence-corrected chi connectivity index (χ0v) is 13.3. The van der Waals surface area contributed by atoms with Crippen LogP contribution in [0, 0.1) is 11.8 Å². The van der Waals surface area contributed by atoms with Crippen LogP contribution in [0.4, 0.5) is 0 Å². The van der Waals surface area contributed by atoms with Gasteiger partial charge < -0.3 is 0 Å². The number of hydrogen-bond acceptors (Lipinski definition) is 2. The summed E-state index contributed by atoms with van der Waals surface area (Å²) in [6.07, 6.45) is 2.94. The average Bonchev–Trinajstić information content (AvgIpc) is 3.27. The number of rotatable bonds is 3. The van der Waals surface area contributed by atoms with E-state index >= 15 is 0 Å². The Balaban J connectivity index is 1.92. The van der Waals surface area contributed by atoms with Crippen molar-refractivity contribution in [3.8, 4) is 0 Å². The number of carbonyl (C=O) groups excluding carboxylic acids is 2. The molecule has 1 fully saturated rings. The smallest absolute Gasteiger partial charge is 0.260 e. The van der Waals surface area contributed by atoms with Crippen LogP contribution in [0.3, 0.4) is 0 Å². The van der Waals surface area contributed by atoms with Gasteiger partial charge in [0.1, 0.15) is 0 Å². The van der Waals surface area contributed by atoms with Crippen molar-refractivity contribution in [2.75, 3.05) is 7.05 Å². The fraction of sp³-hybridized carbons (Fsp3) is 0.500. The van der Waals surface area contributed by atoms with E-state index in [1.54, 1.807) is 7.05 Å². The minimum Gasteiger partial charge on any atom is -0.281 e. The van der Waals surface area contributed by atoms with Crippen molar-refractivity contribution in [2.24, 2.45) is 11.8 Å². The highest BCUT2D eigenvalue weighted by molar-refractivity contribution is 9.09. The third-order valence-corrected chi connectivity index (χ3v) is 5.89. The number of carbonyl (C=O) groups is 2. The lowest BCUT2D eigenvalue weighted by Gasteiger charge is -2.25. The minimum atomic E-state index is -0.183. The number of fused-ring (bicyclic) bond motifs is 1. The molecule has 0 N–H and O–H groups in total. The second kappa shape index (κ2) is 4.99. The van der Waals surface area contributed by atoms with Crippen molar-refractivity contribution in [2.45, 2.75) is 31.0 Å². The van der Waals surface area contributed by atoms with Crippen molar-refractivity contribution < 1.29 is 9.59 Å². The Morgan fingerprint density at radius 1 is 1.30 bits per heavy atom. The van der Waals surface area contributed by atoms with Gasteiger partial charge in [-0.3, -0.25) is 14.5 Å². The Morgan fingerprint density at radius 3 is 2.65 bits per heavy atom. The number of hydrogen-bond donors (Lipinski definition) is 0. The lowest BCUT2D eigenvalue weighted by Crippen LogP contribution is -2.39. The Bertz CT molecular complexity index is 580. The van der Waals surface area contributed by atoms with E-state index in [9.17, 15) is 9.59 Å². The van der Waals surface area contributed by atoms with Gasteiger partial charge in [0.2, 0.25) is 5.91 Å². The quantitative estimate of drug-likeness (QED) is 0.627. The first-order valence-electron chi connectivity index (χ1n) is 7.07. The molecular weight excluding hydrogens is 318 g/mol. The van der Waals surface area contributed by atoms with E-state index in [4.69, 9.17) is 0 Å². The topological polar surface area (TPSA) is 37.4 Å². The second-order valence-corrected chi connectivity index (χ2v) is 6.94. The molecule has 4 heteroatoms. The highest BCUT2D eigenvalue weighted by atomic mass is 79.9. The lowest BCUT2D eigenvalue weighted by atomic mass is 9.91. The number of alkyl halides is 1. The van der Waals surface area contributed by atoms with E-state index < -0.39 is 0 Å². The molecule has 1 aliphatic heterocycles. The van der Waals surface area contributed by atoms with Gasteiger partial charge >= 0.3 is 0 Å². The molecule has 0 aromatic heterocycles. The van der Waals surface area contributed by atoms with Crippen LogP contribution in [0.5, 0.6) is 0 Å². The number of nitrogens with zero attached hydrogens (tertiary/aromatic N) is 1. The lowest BCUT2D eigenvalue weighted by molar-refractivity contribution is -0.127. The van der Waals surface area contributed by atoms with E-state index in [1.807, 2.05) is 18.2 Å². The van der Waals surface area contributed by atoms with E-state index in [2.05, 4.69) is 22.9 Å². The molecule has 0 radical (unpaired) electrons. The van der Waals surface area contributed by atoms with Crippen molar-refractivity contribution in [1.29, 1.82) is 0 Å². The number of benzene rings is 1. The van der Waals surface area contributed by atoms with Crippen molar-refractivity contribution in [1.82, 2.24) is 4.90 Å². The molecule has 2 unspecified atom stereocenters. The first-order chi connectivity index (χ1) is 9.49. The molecule has 1 saturated carbocycles. The summed E-state index contributed by atoms with van der Waals surface area (Å²) >= 11 is 3.77. The van der Waals surface area contributed by atoms with Crippen LogP contribution in [-0.4, -0.2) is 23.8 Å². The van der Waals surface area contributed by atoms with E-state index in [0.717, 1.165) is 17.0 Å². The predicted octanol–water partition coefficient (Wildman–Crippen LogP) is 3.32. The van der Waals surface area contributed by atoms with Crippen molar-refractivity contribution in [3.05, 3.63) is 34.9 Å². The summed E-state index contributed by atoms with van der Waals surface area (Å²) in [7, 11) is 1.55. The summed E-state index contributed by atoms with van der Waals surface area (Å²) in [6.45, 7) is 2.26. The largest absolute Gasteiger partial charge is 0.281 e. The molecule has 3 nitrogen and oxygen atoms in total. The molecular formula is C16H18BrNO2. The van der Waals surface area contributed by atoms with Gasteiger partial charge in [-0.2, -0.15) is 0 Å². The summed E-state index contributed by atoms with van der Waals surface area (Å²) in [6, 6.07) is 5.93. The van der Waals surface area contributed by atoms with Gasteiger partial charge in [0.15, 0.2) is 0 Å². The second-order valence-electron chi connectivity index (χ2n) is 5.95. The van der Waals surface area contributed by atoms with Crippen molar-refractivity contribution in [3.63, 3.8) is 0 Å². The molecule has 106 valence electrons. The maximum Gasteiger partial charge on any atom is 0.260 e. The first kappa shape index (κ1) is 13.8. The predicted molar refractivity (Wildman–Crippen MR) is 80.8 cm³/mol. The Labute approximate surface area is 127 Å². The molecule has 3 rings (SSSR count). The molecule has 1 aromatic carbocycles. The summed E-state index contributed by atoms with van der Waals surface area (Å²) in [5, 5.41) is 0. The first-order valence-corrected chi connectivity index (χ1v) is 7.98. The van der Waals surface area contributed by atoms with Crippen LogP contribution in [0.1, 0.15) is 46.1 Å². The summed E-state index contributed by atoms with van der Waals surface area (Å²) in [4.78, 5) is 25.4. The minimum absolute atomic E-state index is 0.128. The molecule has 2 atom stereocenters. The highest BCUT2D eigenvalue weighted by Gasteiger charge is 2.34. The van der Waals surface area contributed by atoms with E-state index in [-0.39, 0.29) is 16.6 Å². The third kappa shape index (κ3) is 2.30. The monoisotopic (exact) mass is 335 g/mol. The molecule has 1 aliphatic carbocycles. The molecule has 0 bridgehead atoms. The van der Waals surface area contributed by atoms with Gasteiger partial charge in [-0.25, -0.2) is 0 Å². The van der Waals surface area contributed by atoms with Crippen LogP contribution in [-0.2, 0) is 11.2 Å². The number of amides is 2. The summed E-state index contributed by atoms with van der Waals surface area (Å²) in [5.74, 6) is 1.07. The molecule has 1 heterocycles. The normalized spacial score (nSPS) is 21.6. The zero-order chi connectivity index (χ0) is 14.4. The van der Waals surface area contributed by atoms with Crippen LogP contribution in [0.15, 0.2) is 18.2 Å². The van der Waals surface area contributed by atoms with Crippen molar-refractivity contribution >= 4 is 27.7 Å². The van der Waals surface area contributed by atoms with E-state index in [1.165, 1.54) is 17.7 Å². The Morgan fingerprint density at radius 2 is 2.00 bits per heavy atom. The zero-order valence-electron chi connectivity index (χ0n) is 11.7. The Kier molecular flexibility index (Phi) is 3.44. The fourth-order valence-corrected chi connectivity index (χ4v) is 3.58. The molecule has 0 saturated heterocycles. The SMILES string of the molecule is CC(C1CC1)C(Br)c1ccc2c(c1)C(=O)N(C)C(=O)C2. The van der Waals surface area contributed by atoms with E-state index in [0.29, 0.717) is 17.9 Å². The summed E-state index contributed by atoms with van der Waals surface area (Å²) < 4.78 is 0. The van der Waals surface area contributed by atoms with Gasteiger partial charge in [0.05, 0.1) is 6.42 Å². The molecule has 2 aliphatic rings. The molecule has 2 amide bonds. The summed E-state index contributed by atoms with van der Waals surface area (Å²) in [5.41, 5.74) is 2.66. The van der Waals surface area contributed by atoms with Crippen LogP contribution < -0.4 is 0 Å². The van der Waals surface area contributed by atoms with Gasteiger partial charge in [-0.05, 0) is 41.9 Å². The number of halogens is 1. The maximum atomic E-state index is 12.2. The molecule has 20 heavy (non-hydrogen) atoms. The fourth-order valence-electron chi connectivity index (χ4n) is 2.86. The average molecular weight is 336 g/mol. The Hall–Kier alpha value is -1.16. The van der Waals surface area contributed by atoms with Crippen LogP contribution >= 0.6 is 15.9 Å².